The van der Waals surface area contributed by atoms with E-state index in [0.717, 1.165) is 11.6 Å². The van der Waals surface area contributed by atoms with Gasteiger partial charge in [-0.2, -0.15) is 5.10 Å². The van der Waals surface area contributed by atoms with Gasteiger partial charge in [0.2, 0.25) is 0 Å². The summed E-state index contributed by atoms with van der Waals surface area (Å²) in [5, 5.41) is 8.12. The predicted molar refractivity (Wildman–Crippen MR) is 66.3 cm³/mol. The van der Waals surface area contributed by atoms with Crippen LogP contribution in [0.3, 0.4) is 0 Å². The fraction of sp³-hybridized carbons (Fsp3) is 0.769. The van der Waals surface area contributed by atoms with Crippen LogP contribution in [-0.4, -0.2) is 15.8 Å². The molecule has 1 heterocycles. The third-order valence-electron chi connectivity index (χ3n) is 3.70. The van der Waals surface area contributed by atoms with Crippen molar-refractivity contribution in [2.75, 3.05) is 0 Å². The Bertz CT molecular complexity index is 356. The number of nitrogens with zero attached hydrogens (tertiary/aromatic N) is 2. The van der Waals surface area contributed by atoms with Crippen LogP contribution in [0.5, 0.6) is 0 Å². The van der Waals surface area contributed by atoms with Gasteiger partial charge in [-0.1, -0.05) is 6.92 Å². The number of hydrogen-bond donors (Lipinski definition) is 1. The number of nitrogens with one attached hydrogen (secondary N) is 1. The molecule has 1 N–H and O–H groups in total. The zero-order chi connectivity index (χ0) is 11.7. The van der Waals surface area contributed by atoms with Gasteiger partial charge in [-0.25, -0.2) is 0 Å². The van der Waals surface area contributed by atoms with Crippen LogP contribution in [0.15, 0.2) is 6.20 Å². The summed E-state index contributed by atoms with van der Waals surface area (Å²) in [4.78, 5) is 0. The number of aryl methyl sites for hydroxylation is 2. The molecular formula is C13H23N3. The van der Waals surface area contributed by atoms with Gasteiger partial charge in [0.1, 0.15) is 0 Å². The van der Waals surface area contributed by atoms with Gasteiger partial charge in [-0.05, 0) is 39.0 Å². The van der Waals surface area contributed by atoms with E-state index >= 15 is 0 Å². The van der Waals surface area contributed by atoms with Crippen LogP contribution in [0.2, 0.25) is 0 Å². The average Bonchev–Trinajstić information content (AvgIpc) is 2.73. The lowest BCUT2D eigenvalue weighted by Crippen LogP contribution is -2.29. The van der Waals surface area contributed by atoms with E-state index in [1.807, 2.05) is 11.7 Å². The van der Waals surface area contributed by atoms with Crippen molar-refractivity contribution < 1.29 is 0 Å². The van der Waals surface area contributed by atoms with Crippen LogP contribution >= 0.6 is 0 Å². The van der Waals surface area contributed by atoms with Crippen molar-refractivity contribution in [1.29, 1.82) is 0 Å². The first-order valence-electron chi connectivity index (χ1n) is 6.32. The topological polar surface area (TPSA) is 29.9 Å². The molecule has 0 spiro atoms. The third kappa shape index (κ3) is 2.46. The van der Waals surface area contributed by atoms with Gasteiger partial charge in [0, 0.05) is 30.9 Å². The van der Waals surface area contributed by atoms with Gasteiger partial charge in [-0.3, -0.25) is 4.68 Å². The number of hydrogen-bond acceptors (Lipinski definition) is 2. The summed E-state index contributed by atoms with van der Waals surface area (Å²) in [7, 11) is 1.99. The number of rotatable bonds is 3. The molecule has 0 bridgehead atoms. The SMILES string of the molecule is Cc1nn(C)cc1C(C)NC1CCC(C)C1. The Balaban J connectivity index is 1.97. The van der Waals surface area contributed by atoms with Crippen LogP contribution in [0.25, 0.3) is 0 Å². The summed E-state index contributed by atoms with van der Waals surface area (Å²) in [6.07, 6.45) is 6.15. The minimum absolute atomic E-state index is 0.420. The minimum atomic E-state index is 0.420. The lowest BCUT2D eigenvalue weighted by Gasteiger charge is -2.19. The van der Waals surface area contributed by atoms with Crippen molar-refractivity contribution in [3.63, 3.8) is 0 Å². The van der Waals surface area contributed by atoms with E-state index in [1.165, 1.54) is 24.8 Å². The summed E-state index contributed by atoms with van der Waals surface area (Å²) >= 11 is 0. The Labute approximate surface area is 98.2 Å². The molecule has 1 aliphatic rings. The summed E-state index contributed by atoms with van der Waals surface area (Å²) < 4.78 is 1.90. The van der Waals surface area contributed by atoms with Crippen molar-refractivity contribution in [2.45, 2.75) is 52.1 Å². The predicted octanol–water partition coefficient (Wildman–Crippen LogP) is 2.57. The molecule has 16 heavy (non-hydrogen) atoms. The van der Waals surface area contributed by atoms with Crippen molar-refractivity contribution >= 4 is 0 Å². The zero-order valence-corrected chi connectivity index (χ0v) is 10.8. The second-order valence-corrected chi connectivity index (χ2v) is 5.35. The highest BCUT2D eigenvalue weighted by Gasteiger charge is 2.23. The molecule has 1 aliphatic carbocycles. The molecule has 3 atom stereocenters. The maximum atomic E-state index is 4.40. The monoisotopic (exact) mass is 221 g/mol. The van der Waals surface area contributed by atoms with Crippen LogP contribution in [0, 0.1) is 12.8 Å². The van der Waals surface area contributed by atoms with Crippen molar-refractivity contribution in [3.8, 4) is 0 Å². The molecule has 1 aromatic heterocycles. The average molecular weight is 221 g/mol. The molecule has 3 heteroatoms. The molecule has 0 saturated heterocycles. The van der Waals surface area contributed by atoms with E-state index in [2.05, 4.69) is 37.4 Å². The summed E-state index contributed by atoms with van der Waals surface area (Å²) in [5.74, 6) is 0.889. The Morgan fingerprint density at radius 3 is 2.75 bits per heavy atom. The van der Waals surface area contributed by atoms with Gasteiger partial charge >= 0.3 is 0 Å². The Kier molecular flexibility index (Phi) is 3.33. The van der Waals surface area contributed by atoms with Crippen molar-refractivity contribution in [1.82, 2.24) is 15.1 Å². The molecule has 0 aliphatic heterocycles. The normalized spacial score (nSPS) is 27.2. The highest BCUT2D eigenvalue weighted by molar-refractivity contribution is 5.19. The van der Waals surface area contributed by atoms with Crippen LogP contribution in [-0.2, 0) is 7.05 Å². The summed E-state index contributed by atoms with van der Waals surface area (Å²) in [5.41, 5.74) is 2.48. The first kappa shape index (κ1) is 11.6. The van der Waals surface area contributed by atoms with Gasteiger partial charge in [0.15, 0.2) is 0 Å². The first-order valence-corrected chi connectivity index (χ1v) is 6.32. The maximum Gasteiger partial charge on any atom is 0.0641 e. The minimum Gasteiger partial charge on any atom is -0.307 e. The lowest BCUT2D eigenvalue weighted by atomic mass is 10.1. The molecule has 90 valence electrons. The highest BCUT2D eigenvalue weighted by Crippen LogP contribution is 2.27. The largest absolute Gasteiger partial charge is 0.307 e. The third-order valence-corrected chi connectivity index (χ3v) is 3.70. The van der Waals surface area contributed by atoms with Crippen LogP contribution in [0.4, 0.5) is 0 Å². The smallest absolute Gasteiger partial charge is 0.0641 e. The molecule has 3 nitrogen and oxygen atoms in total. The van der Waals surface area contributed by atoms with Crippen molar-refractivity contribution in [3.05, 3.63) is 17.5 Å². The Morgan fingerprint density at radius 1 is 1.50 bits per heavy atom. The second-order valence-electron chi connectivity index (χ2n) is 5.35. The maximum absolute atomic E-state index is 4.40. The molecule has 0 amide bonds. The van der Waals surface area contributed by atoms with Crippen molar-refractivity contribution in [2.24, 2.45) is 13.0 Å². The molecule has 2 rings (SSSR count). The van der Waals surface area contributed by atoms with Crippen LogP contribution < -0.4 is 5.32 Å². The quantitative estimate of drug-likeness (QED) is 0.850. The van der Waals surface area contributed by atoms with E-state index in [0.29, 0.717) is 12.1 Å². The van der Waals surface area contributed by atoms with Gasteiger partial charge in [-0.15, -0.1) is 0 Å². The molecule has 0 aromatic carbocycles. The Morgan fingerprint density at radius 2 is 2.25 bits per heavy atom. The second kappa shape index (κ2) is 4.58. The zero-order valence-electron chi connectivity index (χ0n) is 10.8. The van der Waals surface area contributed by atoms with Crippen LogP contribution in [0.1, 0.15) is 50.4 Å². The molecule has 0 radical (unpaired) electrons. The van der Waals surface area contributed by atoms with Gasteiger partial charge in [0.25, 0.3) is 0 Å². The summed E-state index contributed by atoms with van der Waals surface area (Å²) in [6.45, 7) is 6.68. The van der Waals surface area contributed by atoms with Gasteiger partial charge < -0.3 is 5.32 Å². The van der Waals surface area contributed by atoms with E-state index in [9.17, 15) is 0 Å². The van der Waals surface area contributed by atoms with E-state index in [1.54, 1.807) is 0 Å². The van der Waals surface area contributed by atoms with E-state index in [-0.39, 0.29) is 0 Å². The highest BCUT2D eigenvalue weighted by atomic mass is 15.3. The Hall–Kier alpha value is -0.830. The fourth-order valence-electron chi connectivity index (χ4n) is 2.84. The molecule has 1 saturated carbocycles. The fourth-order valence-corrected chi connectivity index (χ4v) is 2.84. The number of aromatic nitrogens is 2. The molecule has 1 fully saturated rings. The van der Waals surface area contributed by atoms with E-state index < -0.39 is 0 Å². The summed E-state index contributed by atoms with van der Waals surface area (Å²) in [6, 6.07) is 1.12. The van der Waals surface area contributed by atoms with E-state index in [4.69, 9.17) is 0 Å². The molecule has 3 unspecified atom stereocenters. The lowest BCUT2D eigenvalue weighted by molar-refractivity contribution is 0.448. The standard InChI is InChI=1S/C13H23N3/c1-9-5-6-12(7-9)14-10(2)13-8-16(4)15-11(13)3/h8-10,12,14H,5-7H2,1-4H3. The first-order chi connectivity index (χ1) is 7.56. The molecular weight excluding hydrogens is 198 g/mol. The van der Waals surface area contributed by atoms with Gasteiger partial charge in [0.05, 0.1) is 5.69 Å². The molecule has 1 aromatic rings.